The number of hydrogen-bond donors (Lipinski definition) is 1. The average molecular weight is 677 g/mol. The number of sulfonamides is 1. The molecule has 3 aromatic carbocycles. The Morgan fingerprint density at radius 2 is 1.59 bits per heavy atom. The van der Waals surface area contributed by atoms with Crippen molar-refractivity contribution in [3.05, 3.63) is 93.4 Å². The third kappa shape index (κ3) is 7.49. The van der Waals surface area contributed by atoms with E-state index in [1.54, 1.807) is 49.4 Å². The summed E-state index contributed by atoms with van der Waals surface area (Å²) in [7, 11) is -4.08. The number of anilines is 1. The van der Waals surface area contributed by atoms with Crippen molar-refractivity contribution in [2.75, 3.05) is 10.8 Å². The summed E-state index contributed by atoms with van der Waals surface area (Å²) in [5.74, 6) is -0.724. The number of halogens is 2. The summed E-state index contributed by atoms with van der Waals surface area (Å²) in [5.41, 5.74) is 1.17. The minimum Gasteiger partial charge on any atom is -0.352 e. The molecule has 0 aliphatic heterocycles. The van der Waals surface area contributed by atoms with Gasteiger partial charge in [-0.25, -0.2) is 8.42 Å². The van der Waals surface area contributed by atoms with Crippen molar-refractivity contribution in [2.24, 2.45) is 0 Å². The number of carbonyl (C=O) groups is 2. The molecule has 3 aromatic rings. The van der Waals surface area contributed by atoms with E-state index in [9.17, 15) is 18.0 Å². The Balaban J connectivity index is 1.67. The molecule has 1 saturated carbocycles. The molecule has 206 valence electrons. The van der Waals surface area contributed by atoms with Gasteiger partial charge >= 0.3 is 0 Å². The lowest BCUT2D eigenvalue weighted by Gasteiger charge is -2.32. The van der Waals surface area contributed by atoms with Gasteiger partial charge in [-0.15, -0.1) is 0 Å². The van der Waals surface area contributed by atoms with Crippen LogP contribution in [0.5, 0.6) is 0 Å². The molecule has 0 bridgehead atoms. The summed E-state index contributed by atoms with van der Waals surface area (Å²) < 4.78 is 30.3. The van der Waals surface area contributed by atoms with Gasteiger partial charge in [-0.2, -0.15) is 0 Å². The smallest absolute Gasteiger partial charge is 0.264 e. The molecule has 0 spiro atoms. The molecule has 1 N–H and O–H groups in total. The van der Waals surface area contributed by atoms with Crippen molar-refractivity contribution < 1.29 is 18.0 Å². The second-order valence-electron chi connectivity index (χ2n) is 9.62. The van der Waals surface area contributed by atoms with Crippen molar-refractivity contribution in [2.45, 2.75) is 56.1 Å². The van der Waals surface area contributed by atoms with Crippen LogP contribution < -0.4 is 9.62 Å². The lowest BCUT2D eigenvalue weighted by molar-refractivity contribution is -0.139. The van der Waals surface area contributed by atoms with E-state index in [1.807, 2.05) is 24.3 Å². The van der Waals surface area contributed by atoms with E-state index in [-0.39, 0.29) is 23.4 Å². The maximum absolute atomic E-state index is 14.0. The fourth-order valence-electron chi connectivity index (χ4n) is 4.66. The first kappa shape index (κ1) is 29.3. The molecule has 7 nitrogen and oxygen atoms in total. The molecule has 4 rings (SSSR count). The van der Waals surface area contributed by atoms with Crippen molar-refractivity contribution in [3.8, 4) is 0 Å². The zero-order valence-corrected chi connectivity index (χ0v) is 25.6. The molecule has 1 atom stereocenters. The third-order valence-electron chi connectivity index (χ3n) is 6.84. The maximum atomic E-state index is 14.0. The minimum absolute atomic E-state index is 0.0753. The Morgan fingerprint density at radius 1 is 0.923 bits per heavy atom. The molecule has 1 fully saturated rings. The summed E-state index contributed by atoms with van der Waals surface area (Å²) in [6.07, 6.45) is 3.98. The highest BCUT2D eigenvalue weighted by molar-refractivity contribution is 9.10. The Labute approximate surface area is 246 Å². The van der Waals surface area contributed by atoms with Gasteiger partial charge in [0.05, 0.1) is 10.6 Å². The molecule has 2 amide bonds. The van der Waals surface area contributed by atoms with Gasteiger partial charge in [0.15, 0.2) is 0 Å². The van der Waals surface area contributed by atoms with Crippen LogP contribution in [0.15, 0.2) is 92.7 Å². The van der Waals surface area contributed by atoms with E-state index in [4.69, 9.17) is 0 Å². The maximum Gasteiger partial charge on any atom is 0.264 e. The zero-order chi connectivity index (χ0) is 28.0. The van der Waals surface area contributed by atoms with Gasteiger partial charge in [0, 0.05) is 21.5 Å². The van der Waals surface area contributed by atoms with Crippen LogP contribution in [-0.4, -0.2) is 43.8 Å². The molecular weight excluding hydrogens is 646 g/mol. The van der Waals surface area contributed by atoms with Gasteiger partial charge in [-0.1, -0.05) is 75.0 Å². The number of nitrogens with one attached hydrogen (secondary N) is 1. The lowest BCUT2D eigenvalue weighted by Crippen LogP contribution is -2.52. The minimum atomic E-state index is -4.08. The van der Waals surface area contributed by atoms with Gasteiger partial charge in [0.25, 0.3) is 10.0 Å². The van der Waals surface area contributed by atoms with Crippen molar-refractivity contribution >= 4 is 59.4 Å². The quantitative estimate of drug-likeness (QED) is 0.291. The summed E-state index contributed by atoms with van der Waals surface area (Å²) in [6.45, 7) is 1.38. The van der Waals surface area contributed by atoms with Crippen LogP contribution in [0.1, 0.15) is 38.2 Å². The number of benzene rings is 3. The van der Waals surface area contributed by atoms with Gasteiger partial charge < -0.3 is 10.2 Å². The topological polar surface area (TPSA) is 86.8 Å². The van der Waals surface area contributed by atoms with Gasteiger partial charge in [0.2, 0.25) is 11.8 Å². The fraction of sp³-hybridized carbons (Fsp3) is 0.310. The Kier molecular flexibility index (Phi) is 9.85. The summed E-state index contributed by atoms with van der Waals surface area (Å²) in [5, 5.41) is 3.08. The van der Waals surface area contributed by atoms with Crippen LogP contribution in [-0.2, 0) is 26.2 Å². The van der Waals surface area contributed by atoms with E-state index < -0.39 is 28.5 Å². The van der Waals surface area contributed by atoms with Crippen molar-refractivity contribution in [1.29, 1.82) is 0 Å². The van der Waals surface area contributed by atoms with E-state index in [0.29, 0.717) is 5.69 Å². The van der Waals surface area contributed by atoms with Crippen LogP contribution >= 0.6 is 31.9 Å². The SMILES string of the molecule is CC(C(=O)NC1CCCC1)N(Cc1cccc(Br)c1)C(=O)CN(c1ccc(Br)cc1)S(=O)(=O)c1ccccc1. The molecule has 0 saturated heterocycles. The second-order valence-corrected chi connectivity index (χ2v) is 13.3. The van der Waals surface area contributed by atoms with Crippen LogP contribution in [0.25, 0.3) is 0 Å². The van der Waals surface area contributed by atoms with Crippen LogP contribution in [0.3, 0.4) is 0 Å². The Hall–Kier alpha value is -2.69. The lowest BCUT2D eigenvalue weighted by atomic mass is 10.1. The van der Waals surface area contributed by atoms with Gasteiger partial charge in [-0.05, 0) is 73.9 Å². The number of carbonyl (C=O) groups excluding carboxylic acids is 2. The molecule has 0 aromatic heterocycles. The Morgan fingerprint density at radius 3 is 2.23 bits per heavy atom. The second kappa shape index (κ2) is 13.1. The molecule has 0 heterocycles. The summed E-state index contributed by atoms with van der Waals surface area (Å²) in [4.78, 5) is 28.8. The molecule has 0 radical (unpaired) electrons. The molecular formula is C29H31Br2N3O4S. The van der Waals surface area contributed by atoms with Crippen molar-refractivity contribution in [1.82, 2.24) is 10.2 Å². The monoisotopic (exact) mass is 675 g/mol. The van der Waals surface area contributed by atoms with Crippen LogP contribution in [0.2, 0.25) is 0 Å². The third-order valence-corrected chi connectivity index (χ3v) is 9.65. The highest BCUT2D eigenvalue weighted by Crippen LogP contribution is 2.26. The zero-order valence-electron chi connectivity index (χ0n) is 21.6. The first-order valence-corrected chi connectivity index (χ1v) is 15.9. The van der Waals surface area contributed by atoms with E-state index in [1.165, 1.54) is 17.0 Å². The number of nitrogens with zero attached hydrogens (tertiary/aromatic N) is 2. The molecule has 1 aliphatic carbocycles. The largest absolute Gasteiger partial charge is 0.352 e. The van der Waals surface area contributed by atoms with E-state index >= 15 is 0 Å². The average Bonchev–Trinajstić information content (AvgIpc) is 3.44. The standard InChI is InChI=1S/C29H31Br2N3O4S/c1-21(29(36)32-25-10-5-6-11-25)33(19-22-8-7-9-24(31)18-22)28(35)20-34(26-16-14-23(30)15-17-26)39(37,38)27-12-3-2-4-13-27/h2-4,7-9,12-18,21,25H,5-6,10-11,19-20H2,1H3,(H,32,36). The first-order valence-electron chi connectivity index (χ1n) is 12.8. The van der Waals surface area contributed by atoms with Gasteiger partial charge in [-0.3, -0.25) is 13.9 Å². The molecule has 1 unspecified atom stereocenters. The molecule has 1 aliphatic rings. The predicted molar refractivity (Wildman–Crippen MR) is 160 cm³/mol. The van der Waals surface area contributed by atoms with E-state index in [2.05, 4.69) is 37.2 Å². The highest BCUT2D eigenvalue weighted by Gasteiger charge is 2.33. The fourth-order valence-corrected chi connectivity index (χ4v) is 6.81. The van der Waals surface area contributed by atoms with E-state index in [0.717, 1.165) is 44.5 Å². The van der Waals surface area contributed by atoms with Gasteiger partial charge in [0.1, 0.15) is 12.6 Å². The number of amides is 2. The number of hydrogen-bond acceptors (Lipinski definition) is 4. The normalized spacial score (nSPS) is 14.5. The molecule has 10 heteroatoms. The summed E-state index contributed by atoms with van der Waals surface area (Å²) in [6, 6.07) is 21.6. The highest BCUT2D eigenvalue weighted by atomic mass is 79.9. The first-order chi connectivity index (χ1) is 18.6. The predicted octanol–water partition coefficient (Wildman–Crippen LogP) is 5.88. The van der Waals surface area contributed by atoms with Crippen LogP contribution in [0.4, 0.5) is 5.69 Å². The summed E-state index contributed by atoms with van der Waals surface area (Å²) >= 11 is 6.85. The number of rotatable bonds is 10. The molecule has 39 heavy (non-hydrogen) atoms. The van der Waals surface area contributed by atoms with Crippen molar-refractivity contribution in [3.63, 3.8) is 0 Å². The van der Waals surface area contributed by atoms with Crippen LogP contribution in [0, 0.1) is 0 Å². The Bertz CT molecular complexity index is 1400.